The highest BCUT2D eigenvalue weighted by molar-refractivity contribution is 5.95. The number of anilines is 1. The van der Waals surface area contributed by atoms with Crippen molar-refractivity contribution in [2.45, 2.75) is 104 Å². The second-order valence-corrected chi connectivity index (χ2v) is 8.02. The Bertz CT molecular complexity index is 554. The molecule has 0 unspecified atom stereocenters. The van der Waals surface area contributed by atoms with E-state index >= 15 is 0 Å². The van der Waals surface area contributed by atoms with E-state index in [1.165, 1.54) is 57.8 Å². The average molecular weight is 403 g/mol. The van der Waals surface area contributed by atoms with Crippen molar-refractivity contribution in [3.05, 3.63) is 29.8 Å². The van der Waals surface area contributed by atoms with Crippen LogP contribution in [0.3, 0.4) is 0 Å². The number of benzene rings is 1. The van der Waals surface area contributed by atoms with Crippen LogP contribution in [0.1, 0.15) is 114 Å². The molecule has 2 N–H and O–H groups in total. The molecule has 29 heavy (non-hydrogen) atoms. The Morgan fingerprint density at radius 1 is 0.690 bits per heavy atom. The fourth-order valence-electron chi connectivity index (χ4n) is 3.36. The average Bonchev–Trinajstić information content (AvgIpc) is 2.72. The maximum absolute atomic E-state index is 12.1. The van der Waals surface area contributed by atoms with Gasteiger partial charge in [-0.25, -0.2) is 0 Å². The van der Waals surface area contributed by atoms with Gasteiger partial charge in [0.1, 0.15) is 0 Å². The van der Waals surface area contributed by atoms with Gasteiger partial charge in [-0.1, -0.05) is 84.5 Å². The molecule has 0 saturated carbocycles. The monoisotopic (exact) mass is 402 g/mol. The van der Waals surface area contributed by atoms with Gasteiger partial charge in [0.2, 0.25) is 5.91 Å². The molecule has 164 valence electrons. The molecule has 0 bridgehead atoms. The summed E-state index contributed by atoms with van der Waals surface area (Å²) in [4.78, 5) is 24.1. The lowest BCUT2D eigenvalue weighted by molar-refractivity contribution is -0.116. The van der Waals surface area contributed by atoms with Crippen molar-refractivity contribution in [1.29, 1.82) is 0 Å². The molecule has 1 aromatic rings. The van der Waals surface area contributed by atoms with E-state index < -0.39 is 0 Å². The Hall–Kier alpha value is -1.84. The number of hydrogen-bond donors (Lipinski definition) is 2. The lowest BCUT2D eigenvalue weighted by Gasteiger charge is -2.07. The molecule has 0 aliphatic heterocycles. The third-order valence-electron chi connectivity index (χ3n) is 5.25. The maximum atomic E-state index is 12.1. The fraction of sp³-hybridized carbons (Fsp3) is 0.680. The summed E-state index contributed by atoms with van der Waals surface area (Å²) in [7, 11) is 0. The molecule has 1 rings (SSSR count). The minimum absolute atomic E-state index is 0.0565. The largest absolute Gasteiger partial charge is 0.352 e. The minimum Gasteiger partial charge on any atom is -0.352 e. The third-order valence-corrected chi connectivity index (χ3v) is 5.25. The third kappa shape index (κ3) is 13.1. The Kier molecular flexibility index (Phi) is 14.8. The van der Waals surface area contributed by atoms with Gasteiger partial charge >= 0.3 is 0 Å². The van der Waals surface area contributed by atoms with Crippen LogP contribution in [0.2, 0.25) is 0 Å². The van der Waals surface area contributed by atoms with Gasteiger partial charge in [0.25, 0.3) is 5.91 Å². The van der Waals surface area contributed by atoms with Crippen LogP contribution in [-0.4, -0.2) is 18.4 Å². The Balaban J connectivity index is 2.07. The van der Waals surface area contributed by atoms with Crippen LogP contribution in [-0.2, 0) is 4.79 Å². The zero-order valence-electron chi connectivity index (χ0n) is 18.7. The molecular formula is C25H42N2O2. The summed E-state index contributed by atoms with van der Waals surface area (Å²) in [6.07, 6.45) is 16.7. The number of unbranched alkanes of at least 4 members (excludes halogenated alkanes) is 11. The predicted molar refractivity (Wildman–Crippen MR) is 123 cm³/mol. The molecule has 0 aliphatic rings. The Labute approximate surface area is 178 Å². The lowest BCUT2D eigenvalue weighted by atomic mass is 10.1. The molecule has 0 heterocycles. The van der Waals surface area contributed by atoms with Gasteiger partial charge in [-0.05, 0) is 37.1 Å². The minimum atomic E-state index is -0.0581. The normalized spacial score (nSPS) is 10.7. The maximum Gasteiger partial charge on any atom is 0.251 e. The van der Waals surface area contributed by atoms with E-state index in [-0.39, 0.29) is 11.8 Å². The Morgan fingerprint density at radius 3 is 1.76 bits per heavy atom. The van der Waals surface area contributed by atoms with E-state index in [0.717, 1.165) is 31.4 Å². The number of carbonyl (C=O) groups excluding carboxylic acids is 2. The molecule has 1 aromatic carbocycles. The predicted octanol–water partition coefficient (Wildman–Crippen LogP) is 6.86. The first kappa shape index (κ1) is 25.2. The van der Waals surface area contributed by atoms with Crippen LogP contribution in [0.4, 0.5) is 5.69 Å². The zero-order valence-corrected chi connectivity index (χ0v) is 18.7. The van der Waals surface area contributed by atoms with Gasteiger partial charge in [0, 0.05) is 24.2 Å². The Morgan fingerprint density at radius 2 is 1.21 bits per heavy atom. The van der Waals surface area contributed by atoms with Gasteiger partial charge in [-0.15, -0.1) is 0 Å². The van der Waals surface area contributed by atoms with Crippen molar-refractivity contribution in [1.82, 2.24) is 5.32 Å². The summed E-state index contributed by atoms with van der Waals surface area (Å²) in [5.74, 6) is -0.00152. The van der Waals surface area contributed by atoms with E-state index in [9.17, 15) is 9.59 Å². The van der Waals surface area contributed by atoms with Gasteiger partial charge in [-0.3, -0.25) is 9.59 Å². The quantitative estimate of drug-likeness (QED) is 0.280. The van der Waals surface area contributed by atoms with Crippen molar-refractivity contribution >= 4 is 17.5 Å². The smallest absolute Gasteiger partial charge is 0.251 e. The summed E-state index contributed by atoms with van der Waals surface area (Å²) in [6.45, 7) is 5.05. The van der Waals surface area contributed by atoms with E-state index in [4.69, 9.17) is 0 Å². The molecule has 4 nitrogen and oxygen atoms in total. The fourth-order valence-corrected chi connectivity index (χ4v) is 3.36. The molecule has 0 spiro atoms. The van der Waals surface area contributed by atoms with Crippen LogP contribution in [0.15, 0.2) is 24.3 Å². The van der Waals surface area contributed by atoms with Crippen molar-refractivity contribution in [2.24, 2.45) is 0 Å². The zero-order chi connectivity index (χ0) is 21.2. The second-order valence-electron chi connectivity index (χ2n) is 8.02. The van der Waals surface area contributed by atoms with Gasteiger partial charge in [0.15, 0.2) is 0 Å². The van der Waals surface area contributed by atoms with Gasteiger partial charge in [-0.2, -0.15) is 0 Å². The SMILES string of the molecule is CCCCCCCCCCCCCC(=O)Nc1ccc(C(=O)NCCCC)cc1. The number of hydrogen-bond acceptors (Lipinski definition) is 2. The first-order valence-electron chi connectivity index (χ1n) is 11.9. The van der Waals surface area contributed by atoms with Crippen LogP contribution in [0, 0.1) is 0 Å². The number of amides is 2. The van der Waals surface area contributed by atoms with Crippen LogP contribution < -0.4 is 10.6 Å². The van der Waals surface area contributed by atoms with Crippen molar-refractivity contribution in [3.63, 3.8) is 0 Å². The number of nitrogens with one attached hydrogen (secondary N) is 2. The topological polar surface area (TPSA) is 58.2 Å². The van der Waals surface area contributed by atoms with Crippen LogP contribution in [0.5, 0.6) is 0 Å². The highest BCUT2D eigenvalue weighted by atomic mass is 16.2. The highest BCUT2D eigenvalue weighted by Crippen LogP contribution is 2.13. The standard InChI is InChI=1S/C25H42N2O2/c1-3-5-7-8-9-10-11-12-13-14-15-16-24(28)27-23-19-17-22(18-20-23)25(29)26-21-6-4-2/h17-20H,3-16,21H2,1-2H3,(H,26,29)(H,27,28). The first-order chi connectivity index (χ1) is 14.2. The second kappa shape index (κ2) is 17.1. The summed E-state index contributed by atoms with van der Waals surface area (Å²) in [5.41, 5.74) is 1.38. The number of rotatable bonds is 17. The van der Waals surface area contributed by atoms with E-state index in [1.807, 2.05) is 0 Å². The summed E-state index contributed by atoms with van der Waals surface area (Å²) < 4.78 is 0. The molecule has 0 fully saturated rings. The highest BCUT2D eigenvalue weighted by Gasteiger charge is 2.06. The summed E-state index contributed by atoms with van der Waals surface area (Å²) >= 11 is 0. The van der Waals surface area contributed by atoms with E-state index in [0.29, 0.717) is 18.5 Å². The molecule has 0 saturated heterocycles. The van der Waals surface area contributed by atoms with E-state index in [1.54, 1.807) is 24.3 Å². The molecular weight excluding hydrogens is 360 g/mol. The molecule has 0 aromatic heterocycles. The first-order valence-corrected chi connectivity index (χ1v) is 11.9. The number of carbonyl (C=O) groups is 2. The van der Waals surface area contributed by atoms with E-state index in [2.05, 4.69) is 24.5 Å². The summed E-state index contributed by atoms with van der Waals surface area (Å²) in [5, 5.41) is 5.82. The van der Waals surface area contributed by atoms with Crippen molar-refractivity contribution in [3.8, 4) is 0 Å². The molecule has 0 atom stereocenters. The summed E-state index contributed by atoms with van der Waals surface area (Å²) in [6, 6.07) is 7.12. The van der Waals surface area contributed by atoms with Crippen LogP contribution >= 0.6 is 0 Å². The molecule has 0 radical (unpaired) electrons. The molecule has 2 amide bonds. The van der Waals surface area contributed by atoms with Gasteiger partial charge < -0.3 is 10.6 Å². The van der Waals surface area contributed by atoms with Gasteiger partial charge in [0.05, 0.1) is 0 Å². The lowest BCUT2D eigenvalue weighted by Crippen LogP contribution is -2.24. The van der Waals surface area contributed by atoms with Crippen LogP contribution in [0.25, 0.3) is 0 Å². The molecule has 4 heteroatoms. The van der Waals surface area contributed by atoms with Crippen molar-refractivity contribution < 1.29 is 9.59 Å². The molecule has 0 aliphatic carbocycles. The van der Waals surface area contributed by atoms with Crippen molar-refractivity contribution in [2.75, 3.05) is 11.9 Å².